The van der Waals surface area contributed by atoms with Gasteiger partial charge in [0.25, 0.3) is 6.43 Å². The van der Waals surface area contributed by atoms with Crippen LogP contribution in [0.1, 0.15) is 0 Å². The van der Waals surface area contributed by atoms with Gasteiger partial charge in [0.05, 0.1) is 13.2 Å². The molecule has 1 atom stereocenters. The zero-order valence-corrected chi connectivity index (χ0v) is 7.23. The van der Waals surface area contributed by atoms with Gasteiger partial charge >= 0.3 is 6.05 Å². The molecule has 84 valence electrons. The van der Waals surface area contributed by atoms with Gasteiger partial charge in [0.15, 0.2) is 0 Å². The van der Waals surface area contributed by atoms with E-state index in [-0.39, 0.29) is 26.3 Å². The Morgan fingerprint density at radius 2 is 1.57 bits per heavy atom. The van der Waals surface area contributed by atoms with Crippen LogP contribution in [-0.2, 0) is 4.74 Å². The fraction of sp³-hybridized carbons (Fsp3) is 1.00. The van der Waals surface area contributed by atoms with Crippen LogP contribution in [0.2, 0.25) is 0 Å². The number of halogens is 5. The Morgan fingerprint density at radius 1 is 1.07 bits per heavy atom. The maximum Gasteiger partial charge on any atom is 0.341 e. The van der Waals surface area contributed by atoms with Gasteiger partial charge in [0, 0.05) is 13.1 Å². The second kappa shape index (κ2) is 4.39. The molecule has 14 heavy (non-hydrogen) atoms. The minimum absolute atomic E-state index is 0.00550. The number of alkyl halides is 5. The van der Waals surface area contributed by atoms with Crippen LogP contribution in [0.5, 0.6) is 0 Å². The number of hydrogen-bond donors (Lipinski definition) is 0. The molecule has 1 saturated heterocycles. The van der Waals surface area contributed by atoms with E-state index < -0.39 is 18.6 Å². The fourth-order valence-electron chi connectivity index (χ4n) is 1.19. The highest BCUT2D eigenvalue weighted by Gasteiger charge is 2.51. The molecule has 0 aromatic carbocycles. The molecule has 0 bridgehead atoms. The highest BCUT2D eigenvalue weighted by atomic mass is 19.3. The van der Waals surface area contributed by atoms with E-state index in [9.17, 15) is 22.0 Å². The van der Waals surface area contributed by atoms with Gasteiger partial charge < -0.3 is 4.74 Å². The van der Waals surface area contributed by atoms with Crippen LogP contribution in [0.3, 0.4) is 0 Å². The van der Waals surface area contributed by atoms with Crippen LogP contribution in [0.25, 0.3) is 0 Å². The van der Waals surface area contributed by atoms with Crippen LogP contribution < -0.4 is 0 Å². The lowest BCUT2D eigenvalue weighted by atomic mass is 10.2. The molecule has 2 nitrogen and oxygen atoms in total. The smallest absolute Gasteiger partial charge is 0.341 e. The summed E-state index contributed by atoms with van der Waals surface area (Å²) < 4.78 is 66.7. The number of rotatable bonds is 3. The van der Waals surface area contributed by atoms with Gasteiger partial charge in [-0.2, -0.15) is 8.78 Å². The molecule has 1 aliphatic rings. The highest BCUT2D eigenvalue weighted by Crippen LogP contribution is 2.30. The molecule has 0 amide bonds. The van der Waals surface area contributed by atoms with E-state index in [1.165, 1.54) is 0 Å². The summed E-state index contributed by atoms with van der Waals surface area (Å²) in [7, 11) is 0. The summed E-state index contributed by atoms with van der Waals surface area (Å²) in [6, 6.07) is -4.11. The molecule has 1 aliphatic heterocycles. The minimum Gasteiger partial charge on any atom is -0.379 e. The monoisotopic (exact) mass is 219 g/mol. The Hall–Kier alpha value is -0.430. The van der Waals surface area contributed by atoms with Crippen molar-refractivity contribution in [3.63, 3.8) is 0 Å². The molecule has 1 fully saturated rings. The van der Waals surface area contributed by atoms with E-state index in [0.29, 0.717) is 4.90 Å². The van der Waals surface area contributed by atoms with E-state index in [2.05, 4.69) is 0 Å². The highest BCUT2D eigenvalue weighted by molar-refractivity contribution is 4.81. The maximum atomic E-state index is 13.0. The first-order chi connectivity index (χ1) is 6.46. The molecule has 0 saturated carbocycles. The number of morpholine rings is 1. The molecular weight excluding hydrogens is 209 g/mol. The SMILES string of the molecule is FC(F)C(F)C(F)(F)N1CCOCC1. The summed E-state index contributed by atoms with van der Waals surface area (Å²) in [6.07, 6.45) is -7.12. The first kappa shape index (κ1) is 11.6. The Kier molecular flexibility index (Phi) is 3.65. The zero-order chi connectivity index (χ0) is 10.8. The molecule has 0 aromatic heterocycles. The molecule has 1 unspecified atom stereocenters. The van der Waals surface area contributed by atoms with Crippen LogP contribution in [0.4, 0.5) is 22.0 Å². The van der Waals surface area contributed by atoms with Crippen LogP contribution in [0.15, 0.2) is 0 Å². The standard InChI is InChI=1S/C7H10F5NO/c8-5(6(9)10)7(11,12)13-1-3-14-4-2-13/h5-6H,1-4H2. The first-order valence-electron chi connectivity index (χ1n) is 4.09. The molecular formula is C7H10F5NO. The zero-order valence-electron chi connectivity index (χ0n) is 7.23. The van der Waals surface area contributed by atoms with Crippen molar-refractivity contribution in [1.82, 2.24) is 4.90 Å². The van der Waals surface area contributed by atoms with Crippen molar-refractivity contribution in [1.29, 1.82) is 0 Å². The lowest BCUT2D eigenvalue weighted by molar-refractivity contribution is -0.233. The maximum absolute atomic E-state index is 13.0. The lowest BCUT2D eigenvalue weighted by Gasteiger charge is -2.35. The third kappa shape index (κ3) is 2.33. The second-order valence-electron chi connectivity index (χ2n) is 2.92. The van der Waals surface area contributed by atoms with Crippen molar-refractivity contribution in [3.05, 3.63) is 0 Å². The quantitative estimate of drug-likeness (QED) is 0.527. The summed E-state index contributed by atoms with van der Waals surface area (Å²) in [5.41, 5.74) is 0. The largest absolute Gasteiger partial charge is 0.379 e. The Labute approximate surface area is 77.6 Å². The van der Waals surface area contributed by atoms with Gasteiger partial charge in [-0.15, -0.1) is 0 Å². The molecule has 1 rings (SSSR count). The van der Waals surface area contributed by atoms with Crippen molar-refractivity contribution in [2.24, 2.45) is 0 Å². The van der Waals surface area contributed by atoms with E-state index in [1.54, 1.807) is 0 Å². The topological polar surface area (TPSA) is 12.5 Å². The minimum atomic E-state index is -4.11. The van der Waals surface area contributed by atoms with Crippen molar-refractivity contribution >= 4 is 0 Å². The van der Waals surface area contributed by atoms with Crippen molar-refractivity contribution in [3.8, 4) is 0 Å². The lowest BCUT2D eigenvalue weighted by Crippen LogP contribution is -2.55. The van der Waals surface area contributed by atoms with Gasteiger partial charge in [0.2, 0.25) is 6.17 Å². The van der Waals surface area contributed by atoms with E-state index >= 15 is 0 Å². The first-order valence-corrected chi connectivity index (χ1v) is 4.09. The van der Waals surface area contributed by atoms with Crippen LogP contribution >= 0.6 is 0 Å². The van der Waals surface area contributed by atoms with Crippen LogP contribution in [-0.4, -0.2) is 49.8 Å². The fourth-order valence-corrected chi connectivity index (χ4v) is 1.19. The normalized spacial score (nSPS) is 22.7. The van der Waals surface area contributed by atoms with Gasteiger partial charge in [-0.1, -0.05) is 0 Å². The predicted molar refractivity (Wildman–Crippen MR) is 38.2 cm³/mol. The summed E-state index contributed by atoms with van der Waals surface area (Å²) in [5.74, 6) is 0. The molecule has 0 N–H and O–H groups in total. The van der Waals surface area contributed by atoms with E-state index in [4.69, 9.17) is 4.74 Å². The summed E-state index contributed by atoms with van der Waals surface area (Å²) in [5, 5.41) is 0. The van der Waals surface area contributed by atoms with E-state index in [1.807, 2.05) is 0 Å². The average molecular weight is 219 g/mol. The summed E-state index contributed by atoms with van der Waals surface area (Å²) in [6.45, 7) is -0.461. The third-order valence-electron chi connectivity index (χ3n) is 1.99. The number of nitrogens with zero attached hydrogens (tertiary/aromatic N) is 1. The van der Waals surface area contributed by atoms with Gasteiger partial charge in [-0.25, -0.2) is 18.1 Å². The van der Waals surface area contributed by atoms with Gasteiger partial charge in [-0.05, 0) is 0 Å². The number of ether oxygens (including phenoxy) is 1. The van der Waals surface area contributed by atoms with Gasteiger partial charge in [0.1, 0.15) is 0 Å². The molecule has 0 aromatic rings. The number of hydrogen-bond acceptors (Lipinski definition) is 2. The molecule has 0 aliphatic carbocycles. The second-order valence-corrected chi connectivity index (χ2v) is 2.92. The molecule has 0 radical (unpaired) electrons. The van der Waals surface area contributed by atoms with Crippen molar-refractivity contribution in [2.75, 3.05) is 26.3 Å². The van der Waals surface area contributed by atoms with Gasteiger partial charge in [-0.3, -0.25) is 0 Å². The molecule has 7 heteroatoms. The van der Waals surface area contributed by atoms with Crippen LogP contribution in [0, 0.1) is 0 Å². The molecule has 0 spiro atoms. The molecule has 1 heterocycles. The summed E-state index contributed by atoms with van der Waals surface area (Å²) in [4.78, 5) is 0.382. The average Bonchev–Trinajstić information content (AvgIpc) is 2.18. The third-order valence-corrected chi connectivity index (χ3v) is 1.99. The summed E-state index contributed by atoms with van der Waals surface area (Å²) >= 11 is 0. The predicted octanol–water partition coefficient (Wildman–Crippen LogP) is 1.51. The van der Waals surface area contributed by atoms with Crippen molar-refractivity contribution < 1.29 is 26.7 Å². The van der Waals surface area contributed by atoms with Crippen molar-refractivity contribution in [2.45, 2.75) is 18.6 Å². The Bertz CT molecular complexity index is 183. The van der Waals surface area contributed by atoms with E-state index in [0.717, 1.165) is 0 Å². The Morgan fingerprint density at radius 3 is 2.00 bits per heavy atom. The Balaban J connectivity index is 2.61.